The van der Waals surface area contributed by atoms with E-state index in [4.69, 9.17) is 10.00 Å². The van der Waals surface area contributed by atoms with Gasteiger partial charge in [0, 0.05) is 30.0 Å². The molecule has 0 aromatic carbocycles. The summed E-state index contributed by atoms with van der Waals surface area (Å²) >= 11 is 0. The van der Waals surface area contributed by atoms with Gasteiger partial charge in [-0.15, -0.1) is 0 Å². The monoisotopic (exact) mass is 546 g/mol. The molecule has 0 aliphatic rings. The van der Waals surface area contributed by atoms with Crippen LogP contribution < -0.4 is 0 Å². The summed E-state index contributed by atoms with van der Waals surface area (Å²) in [4.78, 5) is 8.63. The maximum atomic E-state index is 13.3. The van der Waals surface area contributed by atoms with Crippen molar-refractivity contribution in [3.05, 3.63) is 31.0 Å². The molecule has 0 unspecified atom stereocenters. The van der Waals surface area contributed by atoms with Crippen LogP contribution in [-0.4, -0.2) is 37.1 Å². The molecule has 214 valence electrons. The SMILES string of the molecule is CC(C)(C)CCCCCCCCCCCOCn1ccc2c(-c3cnn([C@H](CC#N)C(F)(F)F)c3)ncnc21. The van der Waals surface area contributed by atoms with Gasteiger partial charge in [-0.25, -0.2) is 9.97 Å². The van der Waals surface area contributed by atoms with E-state index in [1.54, 1.807) is 6.07 Å². The topological polar surface area (TPSA) is 81.5 Å². The third-order valence-electron chi connectivity index (χ3n) is 6.86. The van der Waals surface area contributed by atoms with E-state index in [1.165, 1.54) is 70.1 Å². The first-order chi connectivity index (χ1) is 18.6. The zero-order valence-electron chi connectivity index (χ0n) is 23.4. The smallest absolute Gasteiger partial charge is 0.361 e. The number of nitriles is 1. The summed E-state index contributed by atoms with van der Waals surface area (Å²) in [6.45, 7) is 7.92. The largest absolute Gasteiger partial charge is 0.411 e. The maximum Gasteiger partial charge on any atom is 0.411 e. The lowest BCUT2D eigenvalue weighted by Gasteiger charge is -2.17. The van der Waals surface area contributed by atoms with E-state index in [0.29, 0.717) is 41.0 Å². The van der Waals surface area contributed by atoms with Gasteiger partial charge in [0.2, 0.25) is 0 Å². The van der Waals surface area contributed by atoms with Crippen LogP contribution in [0.15, 0.2) is 31.0 Å². The molecular weight excluding hydrogens is 505 g/mol. The van der Waals surface area contributed by atoms with Crippen molar-refractivity contribution >= 4 is 11.0 Å². The van der Waals surface area contributed by atoms with Crippen molar-refractivity contribution in [3.8, 4) is 17.3 Å². The van der Waals surface area contributed by atoms with Crippen molar-refractivity contribution in [1.29, 1.82) is 5.26 Å². The fraction of sp³-hybridized carbons (Fsp3) is 0.655. The van der Waals surface area contributed by atoms with Crippen LogP contribution in [0.4, 0.5) is 13.2 Å². The fourth-order valence-electron chi connectivity index (χ4n) is 4.67. The summed E-state index contributed by atoms with van der Waals surface area (Å²) < 4.78 is 48.5. The van der Waals surface area contributed by atoms with Gasteiger partial charge in [0.15, 0.2) is 6.04 Å². The number of rotatable bonds is 16. The lowest BCUT2D eigenvalue weighted by atomic mass is 9.89. The third kappa shape index (κ3) is 9.64. The van der Waals surface area contributed by atoms with Gasteiger partial charge in [-0.2, -0.15) is 23.5 Å². The van der Waals surface area contributed by atoms with Gasteiger partial charge in [0.1, 0.15) is 18.7 Å². The van der Waals surface area contributed by atoms with Gasteiger partial charge in [0.05, 0.1) is 24.4 Å². The van der Waals surface area contributed by atoms with Crippen molar-refractivity contribution in [2.75, 3.05) is 6.61 Å². The first kappa shape index (κ1) is 30.6. The molecule has 0 saturated heterocycles. The Morgan fingerprint density at radius 3 is 2.28 bits per heavy atom. The molecular formula is C29H41F3N6O. The van der Waals surface area contributed by atoms with Crippen LogP contribution in [0.3, 0.4) is 0 Å². The van der Waals surface area contributed by atoms with Crippen LogP contribution in [0.25, 0.3) is 22.3 Å². The highest BCUT2D eigenvalue weighted by Gasteiger charge is 2.41. The summed E-state index contributed by atoms with van der Waals surface area (Å²) in [6.07, 6.45) is 13.2. The molecule has 0 aliphatic carbocycles. The van der Waals surface area contributed by atoms with Gasteiger partial charge in [-0.1, -0.05) is 72.1 Å². The molecule has 39 heavy (non-hydrogen) atoms. The van der Waals surface area contributed by atoms with Crippen molar-refractivity contribution in [2.24, 2.45) is 5.41 Å². The molecule has 0 spiro atoms. The predicted molar refractivity (Wildman–Crippen MR) is 146 cm³/mol. The van der Waals surface area contributed by atoms with Crippen LogP contribution >= 0.6 is 0 Å². The number of halogens is 3. The normalized spacial score (nSPS) is 13.2. The Morgan fingerprint density at radius 1 is 0.974 bits per heavy atom. The molecule has 0 fully saturated rings. The number of fused-ring (bicyclic) bond motifs is 1. The quantitative estimate of drug-likeness (QED) is 0.169. The Morgan fingerprint density at radius 2 is 1.64 bits per heavy atom. The van der Waals surface area contributed by atoms with Gasteiger partial charge >= 0.3 is 6.18 Å². The van der Waals surface area contributed by atoms with Gasteiger partial charge in [0.25, 0.3) is 0 Å². The first-order valence-electron chi connectivity index (χ1n) is 14.0. The zero-order chi connectivity index (χ0) is 28.3. The Bertz CT molecular complexity index is 1190. The number of aromatic nitrogens is 5. The number of unbranched alkanes of at least 4 members (excludes halogenated alkanes) is 8. The number of hydrogen-bond donors (Lipinski definition) is 0. The highest BCUT2D eigenvalue weighted by atomic mass is 19.4. The second-order valence-corrected chi connectivity index (χ2v) is 11.4. The minimum Gasteiger partial charge on any atom is -0.361 e. The molecule has 3 aromatic rings. The summed E-state index contributed by atoms with van der Waals surface area (Å²) in [5.41, 5.74) is 2.00. The first-order valence-corrected chi connectivity index (χ1v) is 14.0. The van der Waals surface area contributed by atoms with E-state index >= 15 is 0 Å². The second kappa shape index (κ2) is 14.5. The lowest BCUT2D eigenvalue weighted by molar-refractivity contribution is -0.169. The molecule has 3 heterocycles. The molecule has 1 atom stereocenters. The molecule has 0 amide bonds. The molecule has 0 radical (unpaired) electrons. The third-order valence-corrected chi connectivity index (χ3v) is 6.86. The Hall–Kier alpha value is -2.93. The van der Waals surface area contributed by atoms with Crippen molar-refractivity contribution in [2.45, 2.75) is 110 Å². The van der Waals surface area contributed by atoms with E-state index in [-0.39, 0.29) is 0 Å². The van der Waals surface area contributed by atoms with E-state index in [0.717, 1.165) is 17.5 Å². The van der Waals surface area contributed by atoms with E-state index in [1.807, 2.05) is 16.8 Å². The van der Waals surface area contributed by atoms with Crippen LogP contribution in [0.5, 0.6) is 0 Å². The highest BCUT2D eigenvalue weighted by molar-refractivity contribution is 5.90. The summed E-state index contributed by atoms with van der Waals surface area (Å²) in [5.74, 6) is 0. The second-order valence-electron chi connectivity index (χ2n) is 11.4. The maximum absolute atomic E-state index is 13.3. The highest BCUT2D eigenvalue weighted by Crippen LogP contribution is 2.34. The summed E-state index contributed by atoms with van der Waals surface area (Å²) in [6, 6.07) is 1.40. The van der Waals surface area contributed by atoms with Crippen molar-refractivity contribution < 1.29 is 17.9 Å². The fourth-order valence-corrected chi connectivity index (χ4v) is 4.67. The number of nitrogens with zero attached hydrogens (tertiary/aromatic N) is 6. The van der Waals surface area contributed by atoms with Crippen LogP contribution in [0.2, 0.25) is 0 Å². The molecule has 10 heteroatoms. The zero-order valence-corrected chi connectivity index (χ0v) is 23.4. The van der Waals surface area contributed by atoms with Crippen molar-refractivity contribution in [3.63, 3.8) is 0 Å². The molecule has 0 bridgehead atoms. The Kier molecular flexibility index (Phi) is 11.3. The Balaban J connectivity index is 1.40. The Labute approximate surface area is 229 Å². The van der Waals surface area contributed by atoms with E-state index in [9.17, 15) is 13.2 Å². The van der Waals surface area contributed by atoms with Crippen molar-refractivity contribution in [1.82, 2.24) is 24.3 Å². The number of hydrogen-bond acceptors (Lipinski definition) is 5. The molecule has 3 aromatic heterocycles. The van der Waals surface area contributed by atoms with Gasteiger partial charge in [-0.3, -0.25) is 4.68 Å². The van der Waals surface area contributed by atoms with E-state index in [2.05, 4.69) is 35.8 Å². The van der Waals surface area contributed by atoms with Gasteiger partial charge in [-0.05, 0) is 24.3 Å². The molecule has 0 aliphatic heterocycles. The standard InChI is InChI=1S/C29H41F3N6O/c1-28(2,3)15-11-9-7-5-4-6-8-10-12-18-39-22-37-17-14-24-26(34-21-35-27(24)37)23-19-36-38(20-23)25(13-16-33)29(30,31)32/h14,17,19-21,25H,4-13,15,18,22H2,1-3H3/t25-/m1/s1. The summed E-state index contributed by atoms with van der Waals surface area (Å²) in [5, 5.41) is 13.4. The molecule has 0 N–H and O–H groups in total. The minimum absolute atomic E-state index is 0.339. The molecule has 7 nitrogen and oxygen atoms in total. The lowest BCUT2D eigenvalue weighted by Crippen LogP contribution is -2.26. The summed E-state index contributed by atoms with van der Waals surface area (Å²) in [7, 11) is 0. The van der Waals surface area contributed by atoms with Crippen LogP contribution in [0.1, 0.15) is 97.4 Å². The molecule has 3 rings (SSSR count). The number of alkyl halides is 3. The van der Waals surface area contributed by atoms with Gasteiger partial charge < -0.3 is 9.30 Å². The van der Waals surface area contributed by atoms with Crippen LogP contribution in [-0.2, 0) is 11.5 Å². The molecule has 0 saturated carbocycles. The minimum atomic E-state index is -4.58. The van der Waals surface area contributed by atoms with E-state index < -0.39 is 18.6 Å². The average Bonchev–Trinajstić information content (AvgIpc) is 3.51. The number of ether oxygens (including phenoxy) is 1. The average molecular weight is 547 g/mol. The predicted octanol–water partition coefficient (Wildman–Crippen LogP) is 8.23. The van der Waals surface area contributed by atoms with Crippen LogP contribution in [0, 0.1) is 16.7 Å².